The fourth-order valence-electron chi connectivity index (χ4n) is 1.30. The third-order valence-electron chi connectivity index (χ3n) is 2.01. The molecule has 15 heavy (non-hydrogen) atoms. The molecule has 1 rings (SSSR count). The fourth-order valence-corrected chi connectivity index (χ4v) is 2.43. The van der Waals surface area contributed by atoms with Crippen molar-refractivity contribution in [3.05, 3.63) is 29.3 Å². The quantitative estimate of drug-likeness (QED) is 0.688. The molecule has 0 N–H and O–H groups in total. The van der Waals surface area contributed by atoms with E-state index >= 15 is 0 Å². The van der Waals surface area contributed by atoms with E-state index in [2.05, 4.69) is 4.74 Å². The molecule has 0 spiro atoms. The first kappa shape index (κ1) is 11.7. The van der Waals surface area contributed by atoms with E-state index in [4.69, 9.17) is 0 Å². The van der Waals surface area contributed by atoms with Gasteiger partial charge in [0.2, 0.25) is 0 Å². The molecule has 0 atom stereocenters. The number of methoxy groups -OCH3 is 1. The van der Waals surface area contributed by atoms with Crippen molar-refractivity contribution in [2.45, 2.75) is 18.7 Å². The lowest BCUT2D eigenvalue weighted by Gasteiger charge is -2.05. The summed E-state index contributed by atoms with van der Waals surface area (Å²) in [5, 5.41) is -1.23. The molecule has 0 aliphatic carbocycles. The normalized spacial score (nSPS) is 11.1. The maximum absolute atomic E-state index is 11.6. The maximum Gasteiger partial charge on any atom is 0.429 e. The van der Waals surface area contributed by atoms with Gasteiger partial charge in [-0.15, -0.1) is 0 Å². The van der Waals surface area contributed by atoms with Crippen LogP contribution in [0.1, 0.15) is 11.1 Å². The van der Waals surface area contributed by atoms with E-state index in [1.165, 1.54) is 6.07 Å². The average molecular weight is 228 g/mol. The first-order valence-corrected chi connectivity index (χ1v) is 5.78. The van der Waals surface area contributed by atoms with E-state index in [1.807, 2.05) is 6.92 Å². The second kappa shape index (κ2) is 4.02. The molecule has 0 aliphatic heterocycles. The van der Waals surface area contributed by atoms with Crippen molar-refractivity contribution in [1.82, 2.24) is 0 Å². The highest BCUT2D eigenvalue weighted by atomic mass is 32.2. The topological polar surface area (TPSA) is 60.4 Å². The third-order valence-corrected chi connectivity index (χ3v) is 3.65. The molecule has 1 aromatic carbocycles. The number of carbonyl (C=O) groups is 1. The van der Waals surface area contributed by atoms with E-state index < -0.39 is 15.1 Å². The second-order valence-electron chi connectivity index (χ2n) is 3.23. The molecule has 0 bridgehead atoms. The van der Waals surface area contributed by atoms with Crippen LogP contribution in [0.4, 0.5) is 4.79 Å². The Balaban J connectivity index is 3.35. The van der Waals surface area contributed by atoms with Gasteiger partial charge >= 0.3 is 5.30 Å². The Hall–Kier alpha value is -1.36. The predicted octanol–water partition coefficient (Wildman–Crippen LogP) is 1.84. The van der Waals surface area contributed by atoms with E-state index in [1.54, 1.807) is 19.1 Å². The number of hydrogen-bond acceptors (Lipinski definition) is 4. The molecule has 1 aromatic rings. The molecule has 5 heteroatoms. The Bertz CT molecular complexity index is 488. The standard InChI is InChI=1S/C10H12O4S/c1-7-4-5-9(8(2)6-7)15(12,13)10(11)14-3/h4-6H,1-3H3. The van der Waals surface area contributed by atoms with Crippen molar-refractivity contribution in [2.24, 2.45) is 0 Å². The van der Waals surface area contributed by atoms with Crippen LogP contribution >= 0.6 is 0 Å². The van der Waals surface area contributed by atoms with Gasteiger partial charge in [0.1, 0.15) is 0 Å². The van der Waals surface area contributed by atoms with Crippen molar-refractivity contribution >= 4 is 15.1 Å². The van der Waals surface area contributed by atoms with Crippen molar-refractivity contribution in [2.75, 3.05) is 7.11 Å². The first-order chi connectivity index (χ1) is 6.89. The monoisotopic (exact) mass is 228 g/mol. The number of rotatable bonds is 1. The molecular weight excluding hydrogens is 216 g/mol. The molecule has 0 saturated carbocycles. The average Bonchev–Trinajstić information content (AvgIpc) is 2.15. The third kappa shape index (κ3) is 2.18. The zero-order valence-electron chi connectivity index (χ0n) is 8.77. The molecule has 0 aromatic heterocycles. The Morgan fingerprint density at radius 2 is 1.87 bits per heavy atom. The molecular formula is C10H12O4S. The zero-order valence-corrected chi connectivity index (χ0v) is 9.59. The molecule has 4 nitrogen and oxygen atoms in total. The van der Waals surface area contributed by atoms with Gasteiger partial charge < -0.3 is 4.74 Å². The largest absolute Gasteiger partial charge is 0.457 e. The molecule has 82 valence electrons. The number of benzene rings is 1. The summed E-state index contributed by atoms with van der Waals surface area (Å²) in [4.78, 5) is 11.1. The second-order valence-corrected chi connectivity index (χ2v) is 5.01. The Labute approximate surface area is 88.8 Å². The van der Waals surface area contributed by atoms with Gasteiger partial charge in [-0.25, -0.2) is 13.2 Å². The highest BCUT2D eigenvalue weighted by Crippen LogP contribution is 2.19. The van der Waals surface area contributed by atoms with Crippen LogP contribution in [0.25, 0.3) is 0 Å². The molecule has 0 aliphatic rings. The minimum Gasteiger partial charge on any atom is -0.457 e. The number of hydrogen-bond donors (Lipinski definition) is 0. The lowest BCUT2D eigenvalue weighted by atomic mass is 10.2. The molecule has 0 unspecified atom stereocenters. The van der Waals surface area contributed by atoms with E-state index in [9.17, 15) is 13.2 Å². The fraction of sp³-hybridized carbons (Fsp3) is 0.300. The summed E-state index contributed by atoms with van der Waals surface area (Å²) in [5.74, 6) is 0. The van der Waals surface area contributed by atoms with Gasteiger partial charge in [-0.3, -0.25) is 0 Å². The van der Waals surface area contributed by atoms with Gasteiger partial charge in [-0.2, -0.15) is 0 Å². The highest BCUT2D eigenvalue weighted by Gasteiger charge is 2.27. The molecule has 0 saturated heterocycles. The molecule has 0 amide bonds. The van der Waals surface area contributed by atoms with E-state index in [-0.39, 0.29) is 4.90 Å². The number of ether oxygens (including phenoxy) is 1. The number of aryl methyl sites for hydroxylation is 2. The minimum atomic E-state index is -4.00. The Morgan fingerprint density at radius 1 is 1.27 bits per heavy atom. The summed E-state index contributed by atoms with van der Waals surface area (Å²) in [6.07, 6.45) is 0. The van der Waals surface area contributed by atoms with Crippen LogP contribution in [0.3, 0.4) is 0 Å². The van der Waals surface area contributed by atoms with Crippen molar-refractivity contribution in [1.29, 1.82) is 0 Å². The molecule has 0 fully saturated rings. The smallest absolute Gasteiger partial charge is 0.429 e. The zero-order chi connectivity index (χ0) is 11.6. The van der Waals surface area contributed by atoms with Crippen LogP contribution in [0.2, 0.25) is 0 Å². The van der Waals surface area contributed by atoms with Crippen molar-refractivity contribution in [3.8, 4) is 0 Å². The van der Waals surface area contributed by atoms with Crippen LogP contribution in [0, 0.1) is 13.8 Å². The Kier molecular flexibility index (Phi) is 3.14. The maximum atomic E-state index is 11.6. The summed E-state index contributed by atoms with van der Waals surface area (Å²) in [7, 11) is -2.95. The number of carbonyl (C=O) groups excluding carboxylic acids is 1. The van der Waals surface area contributed by atoms with E-state index in [0.717, 1.165) is 12.7 Å². The SMILES string of the molecule is COC(=O)S(=O)(=O)c1ccc(C)cc1C. The van der Waals surface area contributed by atoms with Crippen LogP contribution in [0.5, 0.6) is 0 Å². The van der Waals surface area contributed by atoms with Gasteiger partial charge in [0.15, 0.2) is 0 Å². The lowest BCUT2D eigenvalue weighted by molar-refractivity contribution is 0.197. The van der Waals surface area contributed by atoms with Crippen LogP contribution in [-0.2, 0) is 14.6 Å². The van der Waals surface area contributed by atoms with Crippen LogP contribution in [0.15, 0.2) is 23.1 Å². The lowest BCUT2D eigenvalue weighted by Crippen LogP contribution is -2.15. The summed E-state index contributed by atoms with van der Waals surface area (Å²) in [5.41, 5.74) is 1.48. The summed E-state index contributed by atoms with van der Waals surface area (Å²) in [6, 6.07) is 4.76. The van der Waals surface area contributed by atoms with Crippen molar-refractivity contribution in [3.63, 3.8) is 0 Å². The molecule has 0 radical (unpaired) electrons. The van der Waals surface area contributed by atoms with Crippen LogP contribution < -0.4 is 0 Å². The van der Waals surface area contributed by atoms with Gasteiger partial charge in [-0.1, -0.05) is 17.7 Å². The summed E-state index contributed by atoms with van der Waals surface area (Å²) >= 11 is 0. The first-order valence-electron chi connectivity index (χ1n) is 4.30. The van der Waals surface area contributed by atoms with Gasteiger partial charge in [0, 0.05) is 0 Å². The van der Waals surface area contributed by atoms with E-state index in [0.29, 0.717) is 5.56 Å². The molecule has 0 heterocycles. The Morgan fingerprint density at radius 3 is 2.33 bits per heavy atom. The van der Waals surface area contributed by atoms with Crippen LogP contribution in [-0.4, -0.2) is 20.8 Å². The van der Waals surface area contributed by atoms with Gasteiger partial charge in [0.25, 0.3) is 9.84 Å². The summed E-state index contributed by atoms with van der Waals surface area (Å²) < 4.78 is 27.5. The minimum absolute atomic E-state index is 0.0000463. The predicted molar refractivity (Wildman–Crippen MR) is 55.5 cm³/mol. The summed E-state index contributed by atoms with van der Waals surface area (Å²) in [6.45, 7) is 3.49. The van der Waals surface area contributed by atoms with Crippen molar-refractivity contribution < 1.29 is 17.9 Å². The number of sulfone groups is 1. The highest BCUT2D eigenvalue weighted by molar-refractivity contribution is 8.05. The van der Waals surface area contributed by atoms with Gasteiger partial charge in [-0.05, 0) is 25.5 Å². The van der Waals surface area contributed by atoms with Gasteiger partial charge in [0.05, 0.1) is 12.0 Å².